The summed E-state index contributed by atoms with van der Waals surface area (Å²) in [6.07, 6.45) is 1.39. The number of nitrogens with zero attached hydrogens (tertiary/aromatic N) is 3. The number of morpholine rings is 1. The highest BCUT2D eigenvalue weighted by molar-refractivity contribution is 5.92. The van der Waals surface area contributed by atoms with E-state index in [9.17, 15) is 4.79 Å². The lowest BCUT2D eigenvalue weighted by Crippen LogP contribution is -2.42. The number of rotatable bonds is 2. The van der Waals surface area contributed by atoms with Crippen LogP contribution in [0.1, 0.15) is 33.9 Å². The van der Waals surface area contributed by atoms with Crippen LogP contribution >= 0.6 is 0 Å². The maximum Gasteiger partial charge on any atom is 0.272 e. The van der Waals surface area contributed by atoms with Crippen molar-refractivity contribution in [2.45, 2.75) is 20.0 Å². The molecule has 0 bridgehead atoms. The average molecular weight is 287 g/mol. The normalized spacial score (nSPS) is 18.8. The van der Waals surface area contributed by atoms with Crippen LogP contribution in [-0.4, -0.2) is 40.5 Å². The number of carbonyl (C=O) groups excluding carboxylic acids is 1. The Balaban J connectivity index is 1.78. The summed E-state index contributed by atoms with van der Waals surface area (Å²) in [6.45, 7) is 5.15. The molecule has 1 aliphatic rings. The van der Waals surface area contributed by atoms with Crippen molar-refractivity contribution in [1.82, 2.24) is 14.9 Å². The number of aromatic nitrogens is 2. The van der Waals surface area contributed by atoms with Crippen LogP contribution in [0.25, 0.3) is 0 Å². The zero-order valence-electron chi connectivity index (χ0n) is 12.1. The topological polar surface area (TPSA) is 68.5 Å². The van der Waals surface area contributed by atoms with Gasteiger partial charge in [-0.25, -0.2) is 9.97 Å². The van der Waals surface area contributed by atoms with Gasteiger partial charge in [0.15, 0.2) is 0 Å². The van der Waals surface area contributed by atoms with Gasteiger partial charge in [-0.3, -0.25) is 4.79 Å². The third kappa shape index (κ3) is 2.95. The van der Waals surface area contributed by atoms with E-state index in [4.69, 9.17) is 9.15 Å². The monoisotopic (exact) mass is 287 g/mol. The van der Waals surface area contributed by atoms with Crippen molar-refractivity contribution in [1.29, 1.82) is 0 Å². The summed E-state index contributed by atoms with van der Waals surface area (Å²) in [5.74, 6) is 1.25. The van der Waals surface area contributed by atoms with Crippen LogP contribution in [-0.2, 0) is 4.74 Å². The SMILES string of the molecule is Cc1cc(C(=O)N2CCOC(c3ccco3)C2)nc(C)n1. The minimum Gasteiger partial charge on any atom is -0.467 e. The van der Waals surface area contributed by atoms with E-state index < -0.39 is 0 Å². The molecule has 2 aromatic rings. The predicted octanol–water partition coefficient (Wildman–Crippen LogP) is 1.90. The van der Waals surface area contributed by atoms with Gasteiger partial charge < -0.3 is 14.1 Å². The molecule has 3 heterocycles. The number of furan rings is 1. The lowest BCUT2D eigenvalue weighted by Gasteiger charge is -2.31. The van der Waals surface area contributed by atoms with Gasteiger partial charge in [0.1, 0.15) is 23.4 Å². The van der Waals surface area contributed by atoms with Crippen LogP contribution in [0, 0.1) is 13.8 Å². The fraction of sp³-hybridized carbons (Fsp3) is 0.400. The Hall–Kier alpha value is -2.21. The first-order chi connectivity index (χ1) is 10.1. The largest absolute Gasteiger partial charge is 0.467 e. The molecule has 110 valence electrons. The van der Waals surface area contributed by atoms with Crippen molar-refractivity contribution in [3.8, 4) is 0 Å². The number of hydrogen-bond acceptors (Lipinski definition) is 5. The number of carbonyl (C=O) groups is 1. The standard InChI is InChI=1S/C15H17N3O3/c1-10-8-12(17-11(2)16-10)15(19)18-5-7-21-14(9-18)13-4-3-6-20-13/h3-4,6,8,14H,5,7,9H2,1-2H3. The number of ether oxygens (including phenoxy) is 1. The van der Waals surface area contributed by atoms with E-state index in [1.807, 2.05) is 19.1 Å². The third-order valence-electron chi connectivity index (χ3n) is 3.40. The molecule has 1 unspecified atom stereocenters. The van der Waals surface area contributed by atoms with E-state index in [0.29, 0.717) is 31.2 Å². The highest BCUT2D eigenvalue weighted by atomic mass is 16.5. The molecule has 0 radical (unpaired) electrons. The van der Waals surface area contributed by atoms with Crippen molar-refractivity contribution < 1.29 is 13.9 Å². The first-order valence-electron chi connectivity index (χ1n) is 6.90. The highest BCUT2D eigenvalue weighted by Gasteiger charge is 2.28. The average Bonchev–Trinajstić information content (AvgIpc) is 3.00. The second kappa shape index (κ2) is 5.65. The summed E-state index contributed by atoms with van der Waals surface area (Å²) in [4.78, 5) is 22.7. The van der Waals surface area contributed by atoms with Gasteiger partial charge in [0.05, 0.1) is 19.4 Å². The van der Waals surface area contributed by atoms with Gasteiger partial charge in [0.25, 0.3) is 5.91 Å². The first-order valence-corrected chi connectivity index (χ1v) is 6.90. The Morgan fingerprint density at radius 3 is 2.95 bits per heavy atom. The molecule has 0 N–H and O–H groups in total. The molecule has 2 aromatic heterocycles. The maximum atomic E-state index is 12.6. The maximum absolute atomic E-state index is 12.6. The van der Waals surface area contributed by atoms with Crippen LogP contribution < -0.4 is 0 Å². The number of amides is 1. The van der Waals surface area contributed by atoms with Crippen molar-refractivity contribution in [3.63, 3.8) is 0 Å². The van der Waals surface area contributed by atoms with Gasteiger partial charge in [0, 0.05) is 12.2 Å². The summed E-state index contributed by atoms with van der Waals surface area (Å²) in [5.41, 5.74) is 1.22. The molecule has 6 nitrogen and oxygen atoms in total. The van der Waals surface area contributed by atoms with Crippen molar-refractivity contribution in [2.24, 2.45) is 0 Å². The second-order valence-corrected chi connectivity index (χ2v) is 5.07. The van der Waals surface area contributed by atoms with Gasteiger partial charge in [0.2, 0.25) is 0 Å². The molecule has 1 fully saturated rings. The van der Waals surface area contributed by atoms with Crippen LogP contribution in [0.2, 0.25) is 0 Å². The van der Waals surface area contributed by atoms with Gasteiger partial charge in [-0.1, -0.05) is 0 Å². The Kier molecular flexibility index (Phi) is 3.70. The van der Waals surface area contributed by atoms with Crippen LogP contribution in [0.15, 0.2) is 28.9 Å². The fourth-order valence-corrected chi connectivity index (χ4v) is 2.47. The zero-order chi connectivity index (χ0) is 14.8. The van der Waals surface area contributed by atoms with E-state index in [2.05, 4.69) is 9.97 Å². The van der Waals surface area contributed by atoms with Crippen LogP contribution in [0.3, 0.4) is 0 Å². The summed E-state index contributed by atoms with van der Waals surface area (Å²) in [5, 5.41) is 0. The summed E-state index contributed by atoms with van der Waals surface area (Å²) >= 11 is 0. The Labute approximate surface area is 122 Å². The van der Waals surface area contributed by atoms with Crippen molar-refractivity contribution >= 4 is 5.91 Å². The smallest absolute Gasteiger partial charge is 0.272 e. The molecule has 1 amide bonds. The minimum atomic E-state index is -0.221. The Bertz CT molecular complexity index is 619. The molecule has 0 saturated carbocycles. The molecule has 6 heteroatoms. The van der Waals surface area contributed by atoms with Gasteiger partial charge >= 0.3 is 0 Å². The van der Waals surface area contributed by atoms with Crippen molar-refractivity contribution in [2.75, 3.05) is 19.7 Å². The van der Waals surface area contributed by atoms with Gasteiger partial charge in [-0.15, -0.1) is 0 Å². The molecule has 1 atom stereocenters. The number of hydrogen-bond donors (Lipinski definition) is 0. The van der Waals surface area contributed by atoms with Crippen molar-refractivity contribution in [3.05, 3.63) is 47.4 Å². The Morgan fingerprint density at radius 1 is 1.38 bits per heavy atom. The first kappa shape index (κ1) is 13.8. The zero-order valence-corrected chi connectivity index (χ0v) is 12.1. The molecule has 1 saturated heterocycles. The second-order valence-electron chi connectivity index (χ2n) is 5.07. The molecule has 3 rings (SSSR count). The van der Waals surface area contributed by atoms with Crippen LogP contribution in [0.5, 0.6) is 0 Å². The molecular formula is C15H17N3O3. The lowest BCUT2D eigenvalue weighted by molar-refractivity contribution is -0.0323. The van der Waals surface area contributed by atoms with Crippen LogP contribution in [0.4, 0.5) is 0 Å². The summed E-state index contributed by atoms with van der Waals surface area (Å²) in [7, 11) is 0. The number of aryl methyl sites for hydroxylation is 2. The summed E-state index contributed by atoms with van der Waals surface area (Å²) in [6, 6.07) is 5.39. The summed E-state index contributed by atoms with van der Waals surface area (Å²) < 4.78 is 11.0. The lowest BCUT2D eigenvalue weighted by atomic mass is 10.2. The highest BCUT2D eigenvalue weighted by Crippen LogP contribution is 2.23. The molecular weight excluding hydrogens is 270 g/mol. The molecule has 0 spiro atoms. The third-order valence-corrected chi connectivity index (χ3v) is 3.40. The Morgan fingerprint density at radius 2 is 2.24 bits per heavy atom. The van der Waals surface area contributed by atoms with E-state index in [0.717, 1.165) is 11.5 Å². The van der Waals surface area contributed by atoms with E-state index in [1.165, 1.54) is 0 Å². The predicted molar refractivity (Wildman–Crippen MR) is 74.8 cm³/mol. The van der Waals surface area contributed by atoms with E-state index in [1.54, 1.807) is 24.2 Å². The molecule has 21 heavy (non-hydrogen) atoms. The molecule has 1 aliphatic heterocycles. The minimum absolute atomic E-state index is 0.0940. The van der Waals surface area contributed by atoms with E-state index in [-0.39, 0.29) is 12.0 Å². The molecule has 0 aromatic carbocycles. The van der Waals surface area contributed by atoms with E-state index >= 15 is 0 Å². The fourth-order valence-electron chi connectivity index (χ4n) is 2.47. The van der Waals surface area contributed by atoms with Gasteiger partial charge in [-0.2, -0.15) is 0 Å². The molecule has 0 aliphatic carbocycles. The quantitative estimate of drug-likeness (QED) is 0.844. The van der Waals surface area contributed by atoms with Gasteiger partial charge in [-0.05, 0) is 32.0 Å².